The van der Waals surface area contributed by atoms with E-state index >= 15 is 0 Å². The SMILES string of the molecule is C=CCOc1c(C)c(OCOC)c(C(=O)/C(C)=C/[C@H](C)COCOCc2ccccc2)c2c(OC)c(C)c(NC(=O)OCC[Si](C)(C)C)c(OC)c12. The van der Waals surface area contributed by atoms with Crippen LogP contribution in [0.5, 0.6) is 23.0 Å². The molecule has 52 heavy (non-hydrogen) atoms. The average molecular weight is 738 g/mol. The van der Waals surface area contributed by atoms with Crippen molar-refractivity contribution in [3.63, 3.8) is 0 Å². The monoisotopic (exact) mass is 737 g/mol. The predicted octanol–water partition coefficient (Wildman–Crippen LogP) is 8.86. The molecule has 1 amide bonds. The number of amides is 1. The summed E-state index contributed by atoms with van der Waals surface area (Å²) in [5.41, 5.74) is 3.09. The molecule has 0 aliphatic heterocycles. The molecular formula is C40H55NO10Si. The van der Waals surface area contributed by atoms with Crippen LogP contribution >= 0.6 is 0 Å². The van der Waals surface area contributed by atoms with Crippen molar-refractivity contribution in [3.05, 3.63) is 76.9 Å². The molecule has 0 aliphatic carbocycles. The molecular weight excluding hydrogens is 683 g/mol. The van der Waals surface area contributed by atoms with Crippen LogP contribution in [0.2, 0.25) is 25.7 Å². The van der Waals surface area contributed by atoms with Gasteiger partial charge in [-0.05, 0) is 43.9 Å². The molecule has 12 heteroatoms. The second-order valence-electron chi connectivity index (χ2n) is 13.7. The lowest BCUT2D eigenvalue weighted by Gasteiger charge is -2.26. The van der Waals surface area contributed by atoms with Gasteiger partial charge in [0, 0.05) is 31.7 Å². The molecule has 0 spiro atoms. The van der Waals surface area contributed by atoms with Gasteiger partial charge in [0.2, 0.25) is 0 Å². The van der Waals surface area contributed by atoms with Crippen LogP contribution in [0.4, 0.5) is 10.5 Å². The summed E-state index contributed by atoms with van der Waals surface area (Å²) in [5.74, 6) is 0.771. The molecule has 0 fully saturated rings. The molecule has 284 valence electrons. The predicted molar refractivity (Wildman–Crippen MR) is 207 cm³/mol. The van der Waals surface area contributed by atoms with Crippen molar-refractivity contribution in [3.8, 4) is 23.0 Å². The maximum atomic E-state index is 14.6. The number of ether oxygens (including phenoxy) is 8. The van der Waals surface area contributed by atoms with E-state index in [0.29, 0.717) is 57.9 Å². The second-order valence-corrected chi connectivity index (χ2v) is 19.3. The van der Waals surface area contributed by atoms with Gasteiger partial charge in [-0.2, -0.15) is 0 Å². The topological polar surface area (TPSA) is 120 Å². The van der Waals surface area contributed by atoms with Crippen LogP contribution in [-0.4, -0.2) is 74.7 Å². The van der Waals surface area contributed by atoms with Crippen molar-refractivity contribution in [2.24, 2.45) is 5.92 Å². The van der Waals surface area contributed by atoms with Gasteiger partial charge in [-0.3, -0.25) is 10.1 Å². The van der Waals surface area contributed by atoms with Gasteiger partial charge >= 0.3 is 6.09 Å². The van der Waals surface area contributed by atoms with Gasteiger partial charge in [-0.1, -0.05) is 75.6 Å². The summed E-state index contributed by atoms with van der Waals surface area (Å²) in [6.45, 7) is 18.9. The third-order valence-corrected chi connectivity index (χ3v) is 9.90. The minimum Gasteiger partial charge on any atom is -0.496 e. The van der Waals surface area contributed by atoms with Crippen LogP contribution in [0.1, 0.15) is 40.9 Å². The Bertz CT molecular complexity index is 1720. The maximum absolute atomic E-state index is 14.6. The molecule has 0 unspecified atom stereocenters. The number of allylic oxidation sites excluding steroid dienone is 1. The molecule has 0 heterocycles. The molecule has 1 N–H and O–H groups in total. The van der Waals surface area contributed by atoms with E-state index in [1.807, 2.05) is 43.3 Å². The second kappa shape index (κ2) is 20.0. The highest BCUT2D eigenvalue weighted by molar-refractivity contribution is 6.76. The van der Waals surface area contributed by atoms with E-state index in [-0.39, 0.29) is 55.6 Å². The summed E-state index contributed by atoms with van der Waals surface area (Å²) < 4.78 is 46.7. The Balaban J connectivity index is 2.14. The Labute approximate surface area is 309 Å². The molecule has 11 nitrogen and oxygen atoms in total. The minimum atomic E-state index is -1.44. The fraction of sp³-hybridized carbons (Fsp3) is 0.450. The van der Waals surface area contributed by atoms with E-state index in [4.69, 9.17) is 37.9 Å². The summed E-state index contributed by atoms with van der Waals surface area (Å²) in [6, 6.07) is 10.7. The van der Waals surface area contributed by atoms with E-state index in [1.165, 1.54) is 21.3 Å². The molecule has 0 bridgehead atoms. The van der Waals surface area contributed by atoms with E-state index in [2.05, 4.69) is 31.5 Å². The molecule has 3 aromatic rings. The Morgan fingerprint density at radius 1 is 0.885 bits per heavy atom. The zero-order chi connectivity index (χ0) is 38.4. The lowest BCUT2D eigenvalue weighted by atomic mass is 9.89. The number of ketones is 1. The molecule has 3 rings (SSSR count). The van der Waals surface area contributed by atoms with E-state index in [0.717, 1.165) is 11.6 Å². The van der Waals surface area contributed by atoms with Gasteiger partial charge in [-0.25, -0.2) is 4.79 Å². The first kappa shape index (κ1) is 42.1. The number of anilines is 1. The maximum Gasteiger partial charge on any atom is 0.411 e. The van der Waals surface area contributed by atoms with Crippen molar-refractivity contribution in [2.75, 3.05) is 60.1 Å². The highest BCUT2D eigenvalue weighted by atomic mass is 28.3. The Morgan fingerprint density at radius 3 is 2.19 bits per heavy atom. The minimum absolute atomic E-state index is 0.115. The van der Waals surface area contributed by atoms with Crippen LogP contribution in [0.25, 0.3) is 10.8 Å². The molecule has 0 saturated carbocycles. The van der Waals surface area contributed by atoms with Crippen molar-refractivity contribution in [1.29, 1.82) is 0 Å². The third-order valence-electron chi connectivity index (χ3n) is 8.20. The number of nitrogens with one attached hydrogen (secondary N) is 1. The Kier molecular flexibility index (Phi) is 16.2. The summed E-state index contributed by atoms with van der Waals surface area (Å²) >= 11 is 0. The zero-order valence-corrected chi connectivity index (χ0v) is 33.4. The summed E-state index contributed by atoms with van der Waals surface area (Å²) in [4.78, 5) is 27.8. The normalized spacial score (nSPS) is 12.3. The molecule has 0 radical (unpaired) electrons. The number of Topliss-reactive ketones (excluding diaryl/α,β-unsaturated/α-hetero) is 1. The molecule has 0 aliphatic rings. The quantitative estimate of drug-likeness (QED) is 0.0284. The molecule has 0 saturated heterocycles. The fourth-order valence-corrected chi connectivity index (χ4v) is 6.39. The van der Waals surface area contributed by atoms with Gasteiger partial charge < -0.3 is 37.9 Å². The van der Waals surface area contributed by atoms with Crippen LogP contribution < -0.4 is 24.3 Å². The van der Waals surface area contributed by atoms with Crippen molar-refractivity contribution in [2.45, 2.75) is 60.0 Å². The Morgan fingerprint density at radius 2 is 1.58 bits per heavy atom. The number of methoxy groups -OCH3 is 3. The Hall–Kier alpha value is -4.36. The van der Waals surface area contributed by atoms with Crippen molar-refractivity contribution in [1.82, 2.24) is 0 Å². The van der Waals surface area contributed by atoms with Crippen LogP contribution in [0.15, 0.2) is 54.6 Å². The lowest BCUT2D eigenvalue weighted by molar-refractivity contribution is -0.0668. The molecule has 0 aromatic heterocycles. The molecule has 1 atom stereocenters. The first-order chi connectivity index (χ1) is 24.8. The van der Waals surface area contributed by atoms with Gasteiger partial charge in [0.05, 0.1) is 50.7 Å². The van der Waals surface area contributed by atoms with Crippen LogP contribution in [0.3, 0.4) is 0 Å². The van der Waals surface area contributed by atoms with Crippen molar-refractivity contribution >= 4 is 36.4 Å². The van der Waals surface area contributed by atoms with Gasteiger partial charge in [0.25, 0.3) is 0 Å². The number of carbonyl (C=O) groups excluding carboxylic acids is 2. The number of rotatable bonds is 21. The summed E-state index contributed by atoms with van der Waals surface area (Å²) in [5, 5.41) is 3.67. The number of carbonyl (C=O) groups is 2. The van der Waals surface area contributed by atoms with Crippen LogP contribution in [0, 0.1) is 19.8 Å². The van der Waals surface area contributed by atoms with E-state index in [9.17, 15) is 9.59 Å². The first-order valence-electron chi connectivity index (χ1n) is 17.3. The fourth-order valence-electron chi connectivity index (χ4n) is 5.68. The van der Waals surface area contributed by atoms with E-state index < -0.39 is 14.2 Å². The van der Waals surface area contributed by atoms with Crippen molar-refractivity contribution < 1.29 is 47.5 Å². The van der Waals surface area contributed by atoms with E-state index in [1.54, 1.807) is 26.8 Å². The van der Waals surface area contributed by atoms with Gasteiger partial charge in [-0.15, -0.1) is 0 Å². The van der Waals surface area contributed by atoms with Crippen LogP contribution in [-0.2, 0) is 25.6 Å². The third kappa shape index (κ3) is 11.1. The van der Waals surface area contributed by atoms with Gasteiger partial charge in [0.1, 0.15) is 30.6 Å². The number of fused-ring (bicyclic) bond motifs is 1. The number of hydrogen-bond donors (Lipinski definition) is 1. The largest absolute Gasteiger partial charge is 0.496 e. The number of benzene rings is 3. The van der Waals surface area contributed by atoms with Gasteiger partial charge in [0.15, 0.2) is 18.3 Å². The summed E-state index contributed by atoms with van der Waals surface area (Å²) in [7, 11) is 3.05. The highest BCUT2D eigenvalue weighted by Crippen LogP contribution is 2.53. The first-order valence-corrected chi connectivity index (χ1v) is 21.0. The zero-order valence-electron chi connectivity index (χ0n) is 32.4. The average Bonchev–Trinajstić information content (AvgIpc) is 3.10. The highest BCUT2D eigenvalue weighted by Gasteiger charge is 2.33. The standard InChI is InChI=1S/C40H55NO10Si/c1-12-18-49-38-29(5)37(51-24-44-6)32(35(42)27(3)21-26(2)22-47-25-48-23-30-16-14-13-15-17-30)31-33(38)39(46-8)34(28(4)36(31)45-7)41-40(43)50-19-20-52(9,10)11/h12-17,21,26H,1,18-20,22-25H2,2-11H3,(H,41,43)/b27-21+/t26-/m0/s1. The number of hydrogen-bond acceptors (Lipinski definition) is 10. The molecule has 3 aromatic carbocycles. The summed E-state index contributed by atoms with van der Waals surface area (Å²) in [6.07, 6.45) is 2.82. The smallest absolute Gasteiger partial charge is 0.411 e. The lowest BCUT2D eigenvalue weighted by Crippen LogP contribution is -2.24.